The molecule has 0 N–H and O–H groups in total. The van der Waals surface area contributed by atoms with Crippen LogP contribution in [-0.4, -0.2) is 226 Å². The van der Waals surface area contributed by atoms with Crippen LogP contribution in [0.1, 0.15) is 101 Å². The lowest BCUT2D eigenvalue weighted by molar-refractivity contribution is -0.388. The molecule has 11 aromatic rings. The molecular formula is C113H111N3O25. The lowest BCUT2D eigenvalue weighted by Gasteiger charge is -2.54. The maximum Gasteiger partial charge on any atom is 0.262 e. The number of rotatable bonds is 46. The molecule has 28 nitrogen and oxygen atoms in total. The molecule has 0 spiro atoms. The quantitative estimate of drug-likeness (QED) is 0.0194. The number of imide groups is 3. The van der Waals surface area contributed by atoms with Gasteiger partial charge < -0.3 is 90.0 Å². The van der Waals surface area contributed by atoms with E-state index in [2.05, 4.69) is 19.7 Å². The van der Waals surface area contributed by atoms with E-state index in [1.165, 1.54) is 6.08 Å². The Bertz CT molecular complexity index is 5920. The van der Waals surface area contributed by atoms with E-state index in [0.29, 0.717) is 28.2 Å². The number of hydrogen-bond acceptors (Lipinski definition) is 25. The van der Waals surface area contributed by atoms with E-state index in [0.717, 1.165) is 37.0 Å². The smallest absolute Gasteiger partial charge is 0.262 e. The first kappa shape index (κ1) is 98.2. The molecular weight excluding hydrogens is 1800 g/mol. The van der Waals surface area contributed by atoms with Gasteiger partial charge in [0.25, 0.3) is 35.4 Å². The van der Waals surface area contributed by atoms with E-state index in [-0.39, 0.29) is 126 Å². The van der Waals surface area contributed by atoms with Crippen molar-refractivity contribution in [2.45, 2.75) is 169 Å². The van der Waals surface area contributed by atoms with Crippen LogP contribution in [0.25, 0.3) is 0 Å². The van der Waals surface area contributed by atoms with Gasteiger partial charge in [-0.2, -0.15) is 0 Å². The second-order valence-electron chi connectivity index (χ2n) is 34.9. The summed E-state index contributed by atoms with van der Waals surface area (Å²) in [5.74, 6) is -3.41. The predicted octanol–water partition coefficient (Wildman–Crippen LogP) is 15.5. The van der Waals surface area contributed by atoms with Crippen LogP contribution in [0.4, 0.5) is 0 Å². The van der Waals surface area contributed by atoms with Gasteiger partial charge in [0.1, 0.15) is 116 Å². The Hall–Kier alpha value is -13.0. The van der Waals surface area contributed by atoms with Crippen molar-refractivity contribution in [3.8, 4) is 11.5 Å². The number of amides is 6. The molecule has 6 amide bonds. The van der Waals surface area contributed by atoms with Crippen LogP contribution in [-0.2, 0) is 127 Å². The Morgan fingerprint density at radius 1 is 0.248 bits per heavy atom. The minimum absolute atomic E-state index is 0.0155. The largest absolute Gasteiger partial charge is 0.497 e. The standard InChI is InChI=1S/C113H111N3O25/c1-5-59-124-69-89-98(140-111-93(115-106(119)84-51-31-32-52-85(84)107(115)120)99(131-65-76-41-21-11-22-42-76)95(130-64-75-39-19-10-20-40-75)88(136-111)70-125-62-73-35-15-8-16-36-73)102(127-60-6-2)103(134-68-79-47-27-14-28-48-79)113(138-89)141-96-90(71-126-63-74-37-17-9-18-38-74)137-112(94(101(96)133-67-78-45-25-13-26-46-78)116-108(121)86-53-33-34-54-87(86)109(116)122)139-97-91(72-129-81-57-55-80(123-4)56-58-81)135-110(128-61-7-3)92(100(97)132-66-77-43-23-12-24-44-77)114-104(117)82-49-29-30-50-83(82)105(114)118/h5-58,88-103,110-113H,1-3,59-72H2,4H3/t88-,89-,90-,91-,92-,93-,94-,95-,96-,97-,98-,99-,100-,101-,102+,103+,110-,111+,112+,113+/m1/s1. The Morgan fingerprint density at radius 3 is 0.865 bits per heavy atom. The number of carbonyl (C=O) groups is 6. The Kier molecular flexibility index (Phi) is 33.1. The second-order valence-corrected chi connectivity index (χ2v) is 34.9. The Balaban J connectivity index is 0.800. The van der Waals surface area contributed by atoms with E-state index < -0.39 is 158 Å². The minimum atomic E-state index is -1.91. The van der Waals surface area contributed by atoms with Crippen molar-refractivity contribution < 1.29 is 119 Å². The number of benzene rings is 11. The van der Waals surface area contributed by atoms with E-state index in [4.69, 9.17) is 90.0 Å². The van der Waals surface area contributed by atoms with Crippen LogP contribution in [0.15, 0.2) is 347 Å². The minimum Gasteiger partial charge on any atom is -0.497 e. The van der Waals surface area contributed by atoms with E-state index in [1.807, 2.05) is 212 Å². The summed E-state index contributed by atoms with van der Waals surface area (Å²) >= 11 is 0. The van der Waals surface area contributed by atoms with Crippen LogP contribution in [0.5, 0.6) is 11.5 Å². The van der Waals surface area contributed by atoms with Gasteiger partial charge >= 0.3 is 0 Å². The fourth-order valence-corrected chi connectivity index (χ4v) is 18.9. The van der Waals surface area contributed by atoms with Crippen molar-refractivity contribution in [2.24, 2.45) is 0 Å². The van der Waals surface area contributed by atoms with E-state index >= 15 is 28.8 Å². The van der Waals surface area contributed by atoms with E-state index in [1.54, 1.807) is 116 Å². The van der Waals surface area contributed by atoms with Crippen molar-refractivity contribution in [1.82, 2.24) is 14.7 Å². The third-order valence-corrected chi connectivity index (χ3v) is 25.7. The maximum absolute atomic E-state index is 16.4. The zero-order chi connectivity index (χ0) is 96.9. The fraction of sp³-hybridized carbons (Fsp3) is 0.310. The number of fused-ring (bicyclic) bond motifs is 3. The maximum atomic E-state index is 16.4. The zero-order valence-corrected chi connectivity index (χ0v) is 77.8. The molecule has 7 aliphatic rings. The summed E-state index contributed by atoms with van der Waals surface area (Å²) in [6.07, 6.45) is -20.8. The molecule has 11 aromatic carbocycles. The first-order valence-corrected chi connectivity index (χ1v) is 47.2. The molecule has 141 heavy (non-hydrogen) atoms. The van der Waals surface area contributed by atoms with Crippen molar-refractivity contribution in [1.29, 1.82) is 0 Å². The summed E-state index contributed by atoms with van der Waals surface area (Å²) < 4.78 is 137. The van der Waals surface area contributed by atoms with Crippen molar-refractivity contribution in [2.75, 3.05) is 53.4 Å². The van der Waals surface area contributed by atoms with Gasteiger partial charge in [-0.1, -0.05) is 267 Å². The Morgan fingerprint density at radius 2 is 0.511 bits per heavy atom. The molecule has 7 aliphatic heterocycles. The molecule has 0 aliphatic carbocycles. The molecule has 28 heteroatoms. The molecule has 0 saturated carbocycles. The first-order valence-electron chi connectivity index (χ1n) is 47.2. The van der Waals surface area contributed by atoms with Gasteiger partial charge in [0.2, 0.25) is 0 Å². The summed E-state index contributed by atoms with van der Waals surface area (Å²) in [5, 5.41) is 0. The van der Waals surface area contributed by atoms with Gasteiger partial charge in [-0.25, -0.2) is 0 Å². The van der Waals surface area contributed by atoms with Crippen LogP contribution in [0.2, 0.25) is 0 Å². The molecule has 0 aromatic heterocycles. The number of carbonyl (C=O) groups excluding carboxylic acids is 6. The fourth-order valence-electron chi connectivity index (χ4n) is 18.9. The van der Waals surface area contributed by atoms with Crippen molar-refractivity contribution in [3.05, 3.63) is 420 Å². The number of hydrogen-bond donors (Lipinski definition) is 0. The summed E-state index contributed by atoms with van der Waals surface area (Å²) in [6.45, 7) is 10.0. The van der Waals surface area contributed by atoms with Crippen molar-refractivity contribution in [3.63, 3.8) is 0 Å². The normalized spacial score (nSPS) is 25.8. The monoisotopic (exact) mass is 1910 g/mol. The Labute approximate surface area is 817 Å². The average molecular weight is 1910 g/mol. The first-order chi connectivity index (χ1) is 69.3. The van der Waals surface area contributed by atoms with Gasteiger partial charge in [-0.15, -0.1) is 19.7 Å². The lowest BCUT2D eigenvalue weighted by atomic mass is 9.92. The highest BCUT2D eigenvalue weighted by atomic mass is 16.8. The van der Waals surface area contributed by atoms with Gasteiger partial charge in [-0.05, 0) is 99.6 Å². The third-order valence-electron chi connectivity index (χ3n) is 25.7. The number of ether oxygens (including phenoxy) is 19. The van der Waals surface area contributed by atoms with Crippen LogP contribution in [0, 0.1) is 0 Å². The molecule has 4 fully saturated rings. The molecule has 20 atom stereocenters. The zero-order valence-electron chi connectivity index (χ0n) is 77.8. The molecule has 4 saturated heterocycles. The van der Waals surface area contributed by atoms with Crippen LogP contribution >= 0.6 is 0 Å². The second kappa shape index (κ2) is 47.5. The molecule has 7 heterocycles. The molecule has 728 valence electrons. The third kappa shape index (κ3) is 22.8. The topological polar surface area (TPSA) is 288 Å². The number of methoxy groups -OCH3 is 1. The van der Waals surface area contributed by atoms with E-state index in [9.17, 15) is 0 Å². The number of nitrogens with zero attached hydrogens (tertiary/aromatic N) is 3. The molecule has 18 rings (SSSR count). The van der Waals surface area contributed by atoms with Gasteiger partial charge in [0, 0.05) is 0 Å². The van der Waals surface area contributed by atoms with Gasteiger partial charge in [0.15, 0.2) is 25.2 Å². The van der Waals surface area contributed by atoms with Crippen LogP contribution in [0.3, 0.4) is 0 Å². The molecule has 0 unspecified atom stereocenters. The highest BCUT2D eigenvalue weighted by Crippen LogP contribution is 2.46. The highest BCUT2D eigenvalue weighted by Gasteiger charge is 2.64. The van der Waals surface area contributed by atoms with Crippen molar-refractivity contribution >= 4 is 35.4 Å². The van der Waals surface area contributed by atoms with Crippen LogP contribution < -0.4 is 9.47 Å². The predicted molar refractivity (Wildman–Crippen MR) is 514 cm³/mol. The summed E-state index contributed by atoms with van der Waals surface area (Å²) in [5.41, 5.74) is 5.64. The SMILES string of the molecule is C=CCOC[C@H]1O[C@@H](O[C@H]2[C@H](OCc3ccccc3)[C@@H](N3C(=O)c4ccccc4C3=O)[C@H](O[C@H]3[C@H](OCc4ccccc4)[C@@H](N4C(=O)c5ccccc5C4=O)[C@H](OCC=C)O[C@@H]3COc3ccc(OC)cc3)O[C@@H]2COCc2ccccc2)[C@@H](OCc2ccccc2)[C@@H](OCC=C)[C@@H]1O[C@@H]1O[C@H](COCc2ccccc2)[C@@H](OCc2ccccc2)[C@H](OCc2ccccc2)[C@H]1N1C(=O)c2ccccc2C1=O. The van der Waals surface area contributed by atoms with Gasteiger partial charge in [0.05, 0.1) is 126 Å². The summed E-state index contributed by atoms with van der Waals surface area (Å²) in [6, 6.07) is 87.2. The average Bonchev–Trinajstić information content (AvgIpc) is 1.65. The van der Waals surface area contributed by atoms with Gasteiger partial charge in [-0.3, -0.25) is 43.5 Å². The molecule has 0 radical (unpaired) electrons. The highest BCUT2D eigenvalue weighted by molar-refractivity contribution is 6.23. The summed E-state index contributed by atoms with van der Waals surface area (Å²) in [4.78, 5) is 98.7. The lowest BCUT2D eigenvalue weighted by Crippen LogP contribution is -2.72. The summed E-state index contributed by atoms with van der Waals surface area (Å²) in [7, 11) is 1.54. The molecule has 0 bridgehead atoms.